The zero-order chi connectivity index (χ0) is 21.9. The highest BCUT2D eigenvalue weighted by atomic mass is 32.5. The fourth-order valence-corrected chi connectivity index (χ4v) is 2.94. The summed E-state index contributed by atoms with van der Waals surface area (Å²) in [5.74, 6) is 5.38. The Morgan fingerprint density at radius 3 is 1.96 bits per heavy atom. The van der Waals surface area contributed by atoms with Crippen LogP contribution < -0.4 is 17.0 Å². The van der Waals surface area contributed by atoms with Gasteiger partial charge in [0.1, 0.15) is 16.7 Å². The van der Waals surface area contributed by atoms with Crippen LogP contribution >= 0.6 is 10.2 Å². The van der Waals surface area contributed by atoms with Crippen molar-refractivity contribution < 1.29 is 34.1 Å². The number of ether oxygens (including phenoxy) is 1. The first-order valence-corrected chi connectivity index (χ1v) is 10.1. The monoisotopic (exact) mass is 435 g/mol. The molecule has 0 heterocycles. The van der Waals surface area contributed by atoms with Gasteiger partial charge < -0.3 is 15.6 Å². The summed E-state index contributed by atoms with van der Waals surface area (Å²) in [6.45, 7) is 0. The van der Waals surface area contributed by atoms with Gasteiger partial charge in [0, 0.05) is 7.11 Å². The van der Waals surface area contributed by atoms with Crippen LogP contribution in [-0.4, -0.2) is 24.6 Å². The van der Waals surface area contributed by atoms with Crippen molar-refractivity contribution >= 4 is 16.5 Å². The molecule has 2 rings (SSSR count). The number of nitrogens with one attached hydrogen (secondary N) is 1. The summed E-state index contributed by atoms with van der Waals surface area (Å²) >= 11 is 0. The molecule has 0 aromatic heterocycles. The number of allylic oxidation sites excluding steroid dienone is 1. The average Bonchev–Trinajstić information content (AvgIpc) is 2.67. The predicted octanol–water partition coefficient (Wildman–Crippen LogP) is 4.08. The molecule has 6 nitrogen and oxygen atoms in total. The predicted molar refractivity (Wildman–Crippen MR) is 98.5 cm³/mol. The number of aldehydes is 1. The van der Waals surface area contributed by atoms with Crippen LogP contribution in [0.25, 0.3) is 0 Å². The van der Waals surface area contributed by atoms with Gasteiger partial charge in [-0.25, -0.2) is 5.84 Å². The fraction of sp³-hybridized carbons (Fsp3) is 0.438. The molecule has 1 aromatic rings. The van der Waals surface area contributed by atoms with Crippen molar-refractivity contribution in [2.24, 2.45) is 11.6 Å². The molecular formula is C16H26F5N3O3S. The van der Waals surface area contributed by atoms with E-state index in [1.54, 1.807) is 0 Å². The number of hydrazine groups is 1. The molecule has 0 amide bonds. The number of hydrogen-bond acceptors (Lipinski definition) is 6. The maximum Gasteiger partial charge on any atom is 0.310 e. The van der Waals surface area contributed by atoms with Crippen molar-refractivity contribution in [2.75, 3.05) is 7.11 Å². The molecular weight excluding hydrogens is 409 g/mol. The molecule has 1 aliphatic rings. The number of halogens is 5. The van der Waals surface area contributed by atoms with E-state index in [1.807, 2.05) is 0 Å². The third-order valence-electron chi connectivity index (χ3n) is 3.55. The number of nitrogens with two attached hydrogens (primary N) is 2. The van der Waals surface area contributed by atoms with Crippen LogP contribution in [0.3, 0.4) is 0 Å². The lowest BCUT2D eigenvalue weighted by atomic mass is 9.98. The summed E-state index contributed by atoms with van der Waals surface area (Å²) in [5, 5.41) is 7.00. The Morgan fingerprint density at radius 1 is 1.11 bits per heavy atom. The second-order valence-electron chi connectivity index (χ2n) is 5.71. The summed E-state index contributed by atoms with van der Waals surface area (Å²) in [6, 6.07) is 3.82. The smallest absolute Gasteiger partial charge is 0.310 e. The summed E-state index contributed by atoms with van der Waals surface area (Å²) in [4.78, 5) is 8.54. The van der Waals surface area contributed by atoms with Crippen molar-refractivity contribution in [1.29, 1.82) is 0 Å². The van der Waals surface area contributed by atoms with E-state index in [9.17, 15) is 24.2 Å². The number of aliphatic hydroxyl groups is 1. The largest absolute Gasteiger partial charge is 0.473 e. The van der Waals surface area contributed by atoms with Gasteiger partial charge in [-0.3, -0.25) is 10.2 Å². The molecule has 28 heavy (non-hydrogen) atoms. The quantitative estimate of drug-likeness (QED) is 0.139. The number of hydrogen-bond donors (Lipinski definition) is 4. The number of aliphatic hydroxyl groups excluding tert-OH is 1. The molecule has 12 heteroatoms. The Kier molecular flexibility index (Phi) is 9.21. The highest BCUT2D eigenvalue weighted by Crippen LogP contribution is 3.02. The molecule has 0 spiro atoms. The lowest BCUT2D eigenvalue weighted by Crippen LogP contribution is -2.31. The van der Waals surface area contributed by atoms with Crippen LogP contribution in [0.4, 0.5) is 19.4 Å². The Morgan fingerprint density at radius 2 is 1.61 bits per heavy atom. The van der Waals surface area contributed by atoms with Gasteiger partial charge in [0.25, 0.3) is 0 Å². The van der Waals surface area contributed by atoms with Gasteiger partial charge in [0.2, 0.25) is 5.88 Å². The Balaban J connectivity index is 0.000000483. The standard InChI is InChI=1S/C9H17N3O2.C6H5F5S.CH4O/c10-8(6-13)9(12-11)14-7-4-2-1-3-5-7;7-12(8,9,10,11)6-4-2-1-3-5-6;1-2/h6-7,12H,1-5,10-11H2;1-5H;2H,1H3/b9-8+;;. The third-order valence-corrected chi connectivity index (χ3v) is 4.71. The van der Waals surface area contributed by atoms with Crippen LogP contribution in [0.15, 0.2) is 46.8 Å². The van der Waals surface area contributed by atoms with Crippen LogP contribution in [-0.2, 0) is 9.53 Å². The molecule has 0 saturated heterocycles. The van der Waals surface area contributed by atoms with Crippen molar-refractivity contribution in [3.8, 4) is 0 Å². The number of rotatable bonds is 5. The maximum absolute atomic E-state index is 11.9. The minimum Gasteiger partial charge on any atom is -0.473 e. The molecule has 0 bridgehead atoms. The molecule has 0 atom stereocenters. The van der Waals surface area contributed by atoms with Crippen molar-refractivity contribution in [3.05, 3.63) is 41.9 Å². The fourth-order valence-electron chi connectivity index (χ4n) is 2.27. The Hall–Kier alpha value is -2.05. The lowest BCUT2D eigenvalue weighted by molar-refractivity contribution is -0.105. The average molecular weight is 435 g/mol. The normalized spacial score (nSPS) is 17.9. The Labute approximate surface area is 160 Å². The summed E-state index contributed by atoms with van der Waals surface area (Å²) in [7, 11) is -8.43. The minimum atomic E-state index is -9.43. The van der Waals surface area contributed by atoms with Gasteiger partial charge in [-0.1, -0.05) is 44.0 Å². The van der Waals surface area contributed by atoms with Gasteiger partial charge in [-0.05, 0) is 37.8 Å². The summed E-state index contributed by atoms with van der Waals surface area (Å²) in [5.41, 5.74) is 7.70. The van der Waals surface area contributed by atoms with Crippen LogP contribution in [0.5, 0.6) is 0 Å². The maximum atomic E-state index is 11.9. The second kappa shape index (κ2) is 9.94. The van der Waals surface area contributed by atoms with E-state index in [4.69, 9.17) is 21.4 Å². The van der Waals surface area contributed by atoms with E-state index in [0.29, 0.717) is 18.4 Å². The highest BCUT2D eigenvalue weighted by Gasteiger charge is 2.65. The first-order chi connectivity index (χ1) is 12.9. The zero-order valence-corrected chi connectivity index (χ0v) is 16.1. The summed E-state index contributed by atoms with van der Waals surface area (Å²) < 4.78 is 65.2. The van der Waals surface area contributed by atoms with E-state index in [2.05, 4.69) is 5.43 Å². The molecule has 0 radical (unpaired) electrons. The van der Waals surface area contributed by atoms with Crippen LogP contribution in [0, 0.1) is 0 Å². The molecule has 1 fully saturated rings. The van der Waals surface area contributed by atoms with E-state index in [1.165, 1.54) is 12.5 Å². The van der Waals surface area contributed by atoms with Crippen molar-refractivity contribution in [1.82, 2.24) is 5.43 Å². The highest BCUT2D eigenvalue weighted by molar-refractivity contribution is 8.45. The minimum absolute atomic E-state index is 0.0121. The van der Waals surface area contributed by atoms with Crippen LogP contribution in [0.2, 0.25) is 0 Å². The van der Waals surface area contributed by atoms with Gasteiger partial charge in [-0.15, -0.1) is 0 Å². The topological polar surface area (TPSA) is 111 Å². The SMILES string of the molecule is CO.FS(F)(F)(F)(F)c1ccccc1.NN/C(OC1CCCCC1)=C(\N)C=O. The van der Waals surface area contributed by atoms with E-state index >= 15 is 0 Å². The van der Waals surface area contributed by atoms with Gasteiger partial charge in [-0.2, -0.15) is 0 Å². The molecule has 1 aromatic carbocycles. The number of carbonyl (C=O) groups is 1. The zero-order valence-electron chi connectivity index (χ0n) is 15.3. The van der Waals surface area contributed by atoms with Crippen molar-refractivity contribution in [2.45, 2.75) is 43.1 Å². The van der Waals surface area contributed by atoms with Gasteiger partial charge in [0.05, 0.1) is 0 Å². The molecule has 164 valence electrons. The Bertz CT molecular complexity index is 636. The molecule has 0 unspecified atom stereocenters. The molecule has 6 N–H and O–H groups in total. The van der Waals surface area contributed by atoms with Crippen LogP contribution in [0.1, 0.15) is 32.1 Å². The molecule has 1 saturated carbocycles. The lowest BCUT2D eigenvalue weighted by Gasteiger charge is -2.40. The van der Waals surface area contributed by atoms with E-state index in [0.717, 1.165) is 44.9 Å². The van der Waals surface area contributed by atoms with Gasteiger partial charge in [0.15, 0.2) is 6.29 Å². The molecule has 0 aliphatic heterocycles. The first-order valence-electron chi connectivity index (χ1n) is 8.19. The third kappa shape index (κ3) is 9.76. The summed E-state index contributed by atoms with van der Waals surface area (Å²) in [6.07, 6.45) is 6.21. The first kappa shape index (κ1) is 26.0. The molecule has 1 aliphatic carbocycles. The van der Waals surface area contributed by atoms with E-state index < -0.39 is 15.1 Å². The second-order valence-corrected chi connectivity index (χ2v) is 8.12. The number of carbonyl (C=O) groups excluding carboxylic acids is 1. The van der Waals surface area contributed by atoms with Crippen molar-refractivity contribution in [3.63, 3.8) is 0 Å². The van der Waals surface area contributed by atoms with E-state index in [-0.39, 0.29) is 17.7 Å². The number of benzene rings is 1. The van der Waals surface area contributed by atoms with Gasteiger partial charge >= 0.3 is 10.2 Å².